The van der Waals surface area contributed by atoms with Gasteiger partial charge in [-0.05, 0) is 30.7 Å². The molecule has 0 atom stereocenters. The summed E-state index contributed by atoms with van der Waals surface area (Å²) >= 11 is 9.49. The van der Waals surface area contributed by atoms with Crippen LogP contribution in [0.4, 0.5) is 11.4 Å². The van der Waals surface area contributed by atoms with Gasteiger partial charge in [-0.1, -0.05) is 40.9 Å². The minimum atomic E-state index is -0.697. The highest BCUT2D eigenvalue weighted by Gasteiger charge is 2.22. The van der Waals surface area contributed by atoms with Crippen molar-refractivity contribution in [3.8, 4) is 11.6 Å². The van der Waals surface area contributed by atoms with E-state index in [4.69, 9.17) is 16.3 Å². The number of aryl methyl sites for hydroxylation is 1. The van der Waals surface area contributed by atoms with Crippen molar-refractivity contribution in [3.63, 3.8) is 0 Å². The van der Waals surface area contributed by atoms with E-state index < -0.39 is 21.1 Å². The van der Waals surface area contributed by atoms with Crippen molar-refractivity contribution in [1.29, 1.82) is 0 Å². The molecule has 0 bridgehead atoms. The standard InChI is InChI=1S/C24H18BrClN6O6/c1-2-3-4-21-29-19-7-5-15(25)10-18(19)24(33)30(21)28-12-14-9-16(26)11-20(32(36)37)23(14)38-22-8-6-17(13-27-22)31(34)35/h5-13H,2-4H2,1H3. The molecule has 0 unspecified atom stereocenters. The van der Waals surface area contributed by atoms with Crippen LogP contribution in [0.3, 0.4) is 0 Å². The lowest BCUT2D eigenvalue weighted by molar-refractivity contribution is -0.385. The molecule has 2 heterocycles. The number of hydrogen-bond acceptors (Lipinski definition) is 9. The van der Waals surface area contributed by atoms with E-state index in [2.05, 4.69) is 31.0 Å². The molecule has 4 rings (SSSR count). The highest BCUT2D eigenvalue weighted by atomic mass is 79.9. The van der Waals surface area contributed by atoms with Crippen molar-refractivity contribution < 1.29 is 14.6 Å². The number of nitro groups is 2. The molecule has 0 N–H and O–H groups in total. The van der Waals surface area contributed by atoms with Crippen molar-refractivity contribution in [2.24, 2.45) is 5.10 Å². The van der Waals surface area contributed by atoms with Gasteiger partial charge in [0.25, 0.3) is 11.2 Å². The monoisotopic (exact) mass is 600 g/mol. The lowest BCUT2D eigenvalue weighted by Crippen LogP contribution is -2.22. The van der Waals surface area contributed by atoms with E-state index in [0.717, 1.165) is 35.8 Å². The number of nitro benzene ring substituents is 1. The van der Waals surface area contributed by atoms with E-state index in [1.165, 1.54) is 18.3 Å². The van der Waals surface area contributed by atoms with Gasteiger partial charge in [0.15, 0.2) is 0 Å². The van der Waals surface area contributed by atoms with Crippen LogP contribution in [0.15, 0.2) is 63.0 Å². The van der Waals surface area contributed by atoms with E-state index in [-0.39, 0.29) is 27.9 Å². The fourth-order valence-corrected chi connectivity index (χ4v) is 4.10. The third kappa shape index (κ3) is 5.84. The summed E-state index contributed by atoms with van der Waals surface area (Å²) in [6.07, 6.45) is 4.26. The quantitative estimate of drug-likeness (QED) is 0.128. The third-order valence-corrected chi connectivity index (χ3v) is 6.05. The van der Waals surface area contributed by atoms with Gasteiger partial charge in [-0.25, -0.2) is 9.97 Å². The maximum absolute atomic E-state index is 13.3. The molecule has 4 aromatic rings. The molecular formula is C24H18BrClN6O6. The second kappa shape index (κ2) is 11.4. The van der Waals surface area contributed by atoms with Crippen molar-refractivity contribution in [2.45, 2.75) is 26.2 Å². The Morgan fingerprint density at radius 1 is 1.16 bits per heavy atom. The van der Waals surface area contributed by atoms with E-state index in [1.807, 2.05) is 6.92 Å². The normalized spacial score (nSPS) is 11.2. The second-order valence-corrected chi connectivity index (χ2v) is 9.32. The van der Waals surface area contributed by atoms with Gasteiger partial charge < -0.3 is 4.74 Å². The number of ether oxygens (including phenoxy) is 1. The molecule has 2 aromatic carbocycles. The van der Waals surface area contributed by atoms with Gasteiger partial charge in [-0.3, -0.25) is 25.0 Å². The first-order valence-electron chi connectivity index (χ1n) is 11.2. The van der Waals surface area contributed by atoms with E-state index in [9.17, 15) is 25.0 Å². The minimum absolute atomic E-state index is 0.0290. The molecule has 0 aliphatic heterocycles. The SMILES string of the molecule is CCCCc1nc2ccc(Br)cc2c(=O)n1N=Cc1cc(Cl)cc([N+](=O)[O-])c1Oc1ccc([N+](=O)[O-])cn1. The number of pyridine rings is 1. The first-order chi connectivity index (χ1) is 18.2. The molecular weight excluding hydrogens is 584 g/mol. The fraction of sp³-hybridized carbons (Fsp3) is 0.167. The summed E-state index contributed by atoms with van der Waals surface area (Å²) in [6, 6.07) is 9.97. The van der Waals surface area contributed by atoms with Crippen LogP contribution in [0.2, 0.25) is 5.02 Å². The van der Waals surface area contributed by atoms with Gasteiger partial charge in [0.1, 0.15) is 12.0 Å². The molecule has 0 spiro atoms. The number of fused-ring (bicyclic) bond motifs is 1. The molecule has 0 saturated carbocycles. The lowest BCUT2D eigenvalue weighted by Gasteiger charge is -2.11. The summed E-state index contributed by atoms with van der Waals surface area (Å²) in [7, 11) is 0. The first kappa shape index (κ1) is 26.8. The van der Waals surface area contributed by atoms with Crippen molar-refractivity contribution in [1.82, 2.24) is 14.6 Å². The molecule has 0 aliphatic carbocycles. The minimum Gasteiger partial charge on any atom is -0.431 e. The second-order valence-electron chi connectivity index (χ2n) is 7.97. The van der Waals surface area contributed by atoms with Gasteiger partial charge in [0.2, 0.25) is 11.6 Å². The number of benzene rings is 2. The predicted octanol–water partition coefficient (Wildman–Crippen LogP) is 6.04. The average Bonchev–Trinajstić information content (AvgIpc) is 2.88. The highest BCUT2D eigenvalue weighted by molar-refractivity contribution is 9.10. The van der Waals surface area contributed by atoms with Crippen LogP contribution in [0.5, 0.6) is 11.6 Å². The van der Waals surface area contributed by atoms with Gasteiger partial charge >= 0.3 is 5.69 Å². The van der Waals surface area contributed by atoms with Crippen LogP contribution < -0.4 is 10.3 Å². The number of nitrogens with zero attached hydrogens (tertiary/aromatic N) is 6. The summed E-state index contributed by atoms with van der Waals surface area (Å²) in [5, 5.41) is 27.4. The Labute approximate surface area is 228 Å². The Morgan fingerprint density at radius 3 is 2.61 bits per heavy atom. The Kier molecular flexibility index (Phi) is 8.08. The van der Waals surface area contributed by atoms with Crippen molar-refractivity contribution in [3.05, 3.63) is 100 Å². The van der Waals surface area contributed by atoms with Gasteiger partial charge in [0, 0.05) is 39.7 Å². The van der Waals surface area contributed by atoms with Crippen LogP contribution in [0.25, 0.3) is 10.9 Å². The van der Waals surface area contributed by atoms with Crippen LogP contribution >= 0.6 is 27.5 Å². The number of rotatable bonds is 9. The fourth-order valence-electron chi connectivity index (χ4n) is 3.52. The summed E-state index contributed by atoms with van der Waals surface area (Å²) < 4.78 is 7.49. The molecule has 2 aromatic heterocycles. The molecule has 0 aliphatic rings. The van der Waals surface area contributed by atoms with Gasteiger partial charge in [-0.15, -0.1) is 0 Å². The number of aromatic nitrogens is 3. The maximum atomic E-state index is 13.3. The molecule has 12 nitrogen and oxygen atoms in total. The molecule has 0 radical (unpaired) electrons. The van der Waals surface area contributed by atoms with Gasteiger partial charge in [-0.2, -0.15) is 9.78 Å². The Morgan fingerprint density at radius 2 is 1.95 bits per heavy atom. The Hall–Kier alpha value is -4.23. The predicted molar refractivity (Wildman–Crippen MR) is 144 cm³/mol. The summed E-state index contributed by atoms with van der Waals surface area (Å²) in [4.78, 5) is 43.2. The molecule has 14 heteroatoms. The molecule has 0 amide bonds. The number of halogens is 2. The Balaban J connectivity index is 1.84. The molecule has 194 valence electrons. The number of unbranched alkanes of at least 4 members (excludes halogenated alkanes) is 1. The summed E-state index contributed by atoms with van der Waals surface area (Å²) in [6.45, 7) is 2.00. The molecule has 0 saturated heterocycles. The lowest BCUT2D eigenvalue weighted by atomic mass is 10.2. The zero-order valence-corrected chi connectivity index (χ0v) is 22.0. The van der Waals surface area contributed by atoms with E-state index in [0.29, 0.717) is 27.6 Å². The smallest absolute Gasteiger partial charge is 0.313 e. The Bertz CT molecular complexity index is 1640. The van der Waals surface area contributed by atoms with Crippen molar-refractivity contribution in [2.75, 3.05) is 0 Å². The van der Waals surface area contributed by atoms with Crippen LogP contribution in [0, 0.1) is 20.2 Å². The van der Waals surface area contributed by atoms with Gasteiger partial charge in [0.05, 0.1) is 27.0 Å². The highest BCUT2D eigenvalue weighted by Crippen LogP contribution is 2.36. The number of hydrogen-bond donors (Lipinski definition) is 0. The summed E-state index contributed by atoms with van der Waals surface area (Å²) in [5.74, 6) is 0.0248. The average molecular weight is 602 g/mol. The zero-order chi connectivity index (χ0) is 27.4. The maximum Gasteiger partial charge on any atom is 0.313 e. The summed E-state index contributed by atoms with van der Waals surface area (Å²) in [5.41, 5.74) is -0.596. The topological polar surface area (TPSA) is 156 Å². The van der Waals surface area contributed by atoms with Crippen LogP contribution in [-0.2, 0) is 6.42 Å². The molecule has 38 heavy (non-hydrogen) atoms. The van der Waals surface area contributed by atoms with E-state index in [1.54, 1.807) is 18.2 Å². The van der Waals surface area contributed by atoms with Crippen LogP contribution in [-0.4, -0.2) is 30.7 Å². The molecule has 0 fully saturated rings. The van der Waals surface area contributed by atoms with Crippen LogP contribution in [0.1, 0.15) is 31.2 Å². The first-order valence-corrected chi connectivity index (χ1v) is 12.4. The zero-order valence-electron chi connectivity index (χ0n) is 19.7. The largest absolute Gasteiger partial charge is 0.431 e. The van der Waals surface area contributed by atoms with E-state index >= 15 is 0 Å². The third-order valence-electron chi connectivity index (χ3n) is 5.34. The van der Waals surface area contributed by atoms with Crippen molar-refractivity contribution >= 4 is 56.0 Å².